The molecule has 3 aromatic rings. The van der Waals surface area contributed by atoms with Crippen molar-refractivity contribution in [1.29, 1.82) is 0 Å². The molecule has 0 saturated heterocycles. The number of nitrogens with zero attached hydrogens (tertiary/aromatic N) is 5. The largest absolute Gasteiger partial charge is 0.383 e. The molecule has 0 fully saturated rings. The van der Waals surface area contributed by atoms with E-state index < -0.39 is 10.0 Å². The van der Waals surface area contributed by atoms with Gasteiger partial charge in [0.2, 0.25) is 0 Å². The minimum absolute atomic E-state index is 0.377. The van der Waals surface area contributed by atoms with E-state index >= 15 is 0 Å². The number of pyridine rings is 1. The smallest absolute Gasteiger partial charge is 0.179 e. The SMILES string of the molecule is CS(C)(C)CCOCn1ncc2nc(-c3cccnc3N)cnc21. The molecule has 24 heavy (non-hydrogen) atoms. The van der Waals surface area contributed by atoms with Gasteiger partial charge < -0.3 is 10.5 Å². The minimum Gasteiger partial charge on any atom is -0.383 e. The van der Waals surface area contributed by atoms with Crippen LogP contribution in [-0.2, 0) is 11.5 Å². The highest BCUT2D eigenvalue weighted by Gasteiger charge is 2.10. The molecule has 128 valence electrons. The van der Waals surface area contributed by atoms with Crippen molar-refractivity contribution < 1.29 is 4.74 Å². The summed E-state index contributed by atoms with van der Waals surface area (Å²) < 4.78 is 7.44. The van der Waals surface area contributed by atoms with Crippen molar-refractivity contribution >= 4 is 27.0 Å². The summed E-state index contributed by atoms with van der Waals surface area (Å²) in [5.41, 5.74) is 8.76. The number of ether oxygens (including phenoxy) is 1. The van der Waals surface area contributed by atoms with Crippen LogP contribution in [0.25, 0.3) is 22.4 Å². The lowest BCUT2D eigenvalue weighted by atomic mass is 10.2. The Balaban J connectivity index is 1.76. The molecule has 3 rings (SSSR count). The molecule has 0 amide bonds. The van der Waals surface area contributed by atoms with Crippen molar-refractivity contribution in [3.05, 3.63) is 30.7 Å². The maximum atomic E-state index is 5.90. The molecule has 0 radical (unpaired) electrons. The summed E-state index contributed by atoms with van der Waals surface area (Å²) >= 11 is 0. The molecule has 0 aliphatic heterocycles. The third-order valence-electron chi connectivity index (χ3n) is 3.51. The molecule has 8 heteroatoms. The maximum absolute atomic E-state index is 5.90. The Morgan fingerprint density at radius 3 is 2.79 bits per heavy atom. The lowest BCUT2D eigenvalue weighted by molar-refractivity contribution is 0.0836. The van der Waals surface area contributed by atoms with Gasteiger partial charge in [-0.1, -0.05) is 0 Å². The van der Waals surface area contributed by atoms with Gasteiger partial charge in [0.05, 0.1) is 24.7 Å². The average Bonchev–Trinajstić information content (AvgIpc) is 2.93. The van der Waals surface area contributed by atoms with E-state index in [0.717, 1.165) is 17.9 Å². The summed E-state index contributed by atoms with van der Waals surface area (Å²) in [7, 11) is -0.548. The van der Waals surface area contributed by atoms with Gasteiger partial charge in [-0.3, -0.25) is 0 Å². The number of aromatic nitrogens is 5. The standard InChI is InChI=1S/C16H22N6OS/c1-24(2,3)8-7-23-11-22-16-14(10-20-22)21-13(9-19-16)12-5-4-6-18-15(12)17/h4-6,9-10H,7-8,11H2,1-3H3,(H2,17,18). The van der Waals surface area contributed by atoms with E-state index in [9.17, 15) is 0 Å². The highest BCUT2D eigenvalue weighted by Crippen LogP contribution is 2.33. The van der Waals surface area contributed by atoms with E-state index in [1.165, 1.54) is 0 Å². The number of nitrogens with two attached hydrogens (primary N) is 1. The third kappa shape index (κ3) is 3.82. The maximum Gasteiger partial charge on any atom is 0.179 e. The molecular formula is C16H22N6OS. The summed E-state index contributed by atoms with van der Waals surface area (Å²) in [6, 6.07) is 3.70. The summed E-state index contributed by atoms with van der Waals surface area (Å²) in [6.45, 7) is 1.10. The van der Waals surface area contributed by atoms with Gasteiger partial charge in [0, 0.05) is 17.5 Å². The molecule has 2 N–H and O–H groups in total. The Bertz CT molecular complexity index is 842. The van der Waals surface area contributed by atoms with E-state index in [0.29, 0.717) is 29.4 Å². The summed E-state index contributed by atoms with van der Waals surface area (Å²) in [4.78, 5) is 13.1. The number of fused-ring (bicyclic) bond motifs is 1. The zero-order valence-electron chi connectivity index (χ0n) is 14.1. The molecule has 3 aromatic heterocycles. The van der Waals surface area contributed by atoms with Gasteiger partial charge in [-0.2, -0.15) is 5.10 Å². The van der Waals surface area contributed by atoms with Gasteiger partial charge in [0.25, 0.3) is 0 Å². The van der Waals surface area contributed by atoms with Gasteiger partial charge in [0.1, 0.15) is 18.1 Å². The number of hydrogen-bond acceptors (Lipinski definition) is 6. The molecule has 0 unspecified atom stereocenters. The Hall–Kier alpha value is -2.19. The van der Waals surface area contributed by atoms with Crippen molar-refractivity contribution in [3.8, 4) is 11.3 Å². The molecular weight excluding hydrogens is 324 g/mol. The first-order valence-corrected chi connectivity index (χ1v) is 10.6. The Kier molecular flexibility index (Phi) is 4.68. The number of rotatable bonds is 6. The van der Waals surface area contributed by atoms with Crippen molar-refractivity contribution in [3.63, 3.8) is 0 Å². The van der Waals surface area contributed by atoms with Crippen LogP contribution in [0.5, 0.6) is 0 Å². The highest BCUT2D eigenvalue weighted by atomic mass is 32.3. The zero-order valence-corrected chi connectivity index (χ0v) is 15.0. The minimum atomic E-state index is -0.548. The normalized spacial score (nSPS) is 12.6. The van der Waals surface area contributed by atoms with Crippen molar-refractivity contribution in [2.45, 2.75) is 6.73 Å². The monoisotopic (exact) mass is 346 g/mol. The Labute approximate surface area is 142 Å². The molecule has 0 aliphatic rings. The fraction of sp³-hybridized carbons (Fsp3) is 0.375. The molecule has 0 saturated carbocycles. The molecule has 0 atom stereocenters. The van der Waals surface area contributed by atoms with Crippen LogP contribution < -0.4 is 5.73 Å². The fourth-order valence-corrected chi connectivity index (χ4v) is 2.80. The first kappa shape index (κ1) is 16.7. The second kappa shape index (κ2) is 6.74. The predicted octanol–water partition coefficient (Wildman–Crippen LogP) is 2.14. The quantitative estimate of drug-likeness (QED) is 0.688. The summed E-state index contributed by atoms with van der Waals surface area (Å²) in [5.74, 6) is 1.51. The highest BCUT2D eigenvalue weighted by molar-refractivity contribution is 8.32. The molecule has 0 aliphatic carbocycles. The summed E-state index contributed by atoms with van der Waals surface area (Å²) in [6.07, 6.45) is 11.9. The molecule has 3 heterocycles. The molecule has 7 nitrogen and oxygen atoms in total. The number of anilines is 1. The lowest BCUT2D eigenvalue weighted by Gasteiger charge is -2.24. The van der Waals surface area contributed by atoms with Crippen molar-refractivity contribution in [1.82, 2.24) is 24.7 Å². The van der Waals surface area contributed by atoms with Crippen molar-refractivity contribution in [2.24, 2.45) is 0 Å². The van der Waals surface area contributed by atoms with Crippen LogP contribution in [0.15, 0.2) is 30.7 Å². The Morgan fingerprint density at radius 1 is 1.21 bits per heavy atom. The third-order valence-corrected chi connectivity index (χ3v) is 4.90. The van der Waals surface area contributed by atoms with Crippen LogP contribution in [0.3, 0.4) is 0 Å². The van der Waals surface area contributed by atoms with Gasteiger partial charge in [-0.15, -0.1) is 0 Å². The number of hydrogen-bond donors (Lipinski definition) is 1. The van der Waals surface area contributed by atoms with E-state index in [1.54, 1.807) is 23.3 Å². The van der Waals surface area contributed by atoms with E-state index in [2.05, 4.69) is 38.8 Å². The molecule has 0 aromatic carbocycles. The van der Waals surface area contributed by atoms with Gasteiger partial charge in [-0.05, 0) is 30.9 Å². The summed E-state index contributed by atoms with van der Waals surface area (Å²) in [5, 5.41) is 4.31. The topological polar surface area (TPSA) is 91.7 Å². The molecule has 0 spiro atoms. The lowest BCUT2D eigenvalue weighted by Crippen LogP contribution is -2.11. The van der Waals surface area contributed by atoms with Crippen LogP contribution in [0.2, 0.25) is 0 Å². The first-order valence-electron chi connectivity index (χ1n) is 7.57. The van der Waals surface area contributed by atoms with Crippen molar-refractivity contribution in [2.75, 3.05) is 36.9 Å². The Morgan fingerprint density at radius 2 is 2.04 bits per heavy atom. The van der Waals surface area contributed by atoms with E-state index in [1.807, 2.05) is 12.1 Å². The van der Waals surface area contributed by atoms with E-state index in [-0.39, 0.29) is 0 Å². The van der Waals surface area contributed by atoms with Crippen LogP contribution in [0, 0.1) is 0 Å². The number of nitrogen functional groups attached to an aromatic ring is 1. The van der Waals surface area contributed by atoms with Gasteiger partial charge in [0.15, 0.2) is 5.65 Å². The zero-order chi connectivity index (χ0) is 17.2. The first-order chi connectivity index (χ1) is 11.4. The van der Waals surface area contributed by atoms with Crippen LogP contribution >= 0.6 is 10.0 Å². The van der Waals surface area contributed by atoms with E-state index in [4.69, 9.17) is 10.5 Å². The predicted molar refractivity (Wildman–Crippen MR) is 99.1 cm³/mol. The second-order valence-electron chi connectivity index (χ2n) is 6.38. The second-order valence-corrected chi connectivity index (χ2v) is 11.0. The van der Waals surface area contributed by atoms with Crippen LogP contribution in [-0.4, -0.2) is 55.9 Å². The molecule has 0 bridgehead atoms. The van der Waals surface area contributed by atoms with Crippen LogP contribution in [0.4, 0.5) is 5.82 Å². The average molecular weight is 346 g/mol. The van der Waals surface area contributed by atoms with Gasteiger partial charge in [-0.25, -0.2) is 29.7 Å². The fourth-order valence-electron chi connectivity index (χ4n) is 2.18. The van der Waals surface area contributed by atoms with Gasteiger partial charge >= 0.3 is 0 Å². The van der Waals surface area contributed by atoms with Crippen LogP contribution in [0.1, 0.15) is 0 Å².